The zero-order valence-electron chi connectivity index (χ0n) is 41.0. The Kier molecular flexibility index (Phi) is 15.2. The molecule has 0 spiro atoms. The van der Waals surface area contributed by atoms with E-state index in [0.717, 1.165) is 11.1 Å². The summed E-state index contributed by atoms with van der Waals surface area (Å²) in [5.41, 5.74) is -5.80. The fraction of sp³-hybridized carbons (Fsp3) is 0.784. The van der Waals surface area contributed by atoms with Gasteiger partial charge in [-0.25, -0.2) is 4.79 Å². The lowest BCUT2D eigenvalue weighted by Gasteiger charge is -2.67. The molecule has 1 aromatic rings. The molecule has 17 heteroatoms. The lowest BCUT2D eigenvalue weighted by Crippen LogP contribution is -2.78. The van der Waals surface area contributed by atoms with E-state index < -0.39 is 132 Å². The second-order valence-electron chi connectivity index (χ2n) is 21.1. The highest BCUT2D eigenvalue weighted by Crippen LogP contribution is 2.71. The molecule has 7 aliphatic rings. The number of methoxy groups -OCH3 is 3. The van der Waals surface area contributed by atoms with Crippen LogP contribution in [0.3, 0.4) is 0 Å². The molecule has 3 saturated carbocycles. The molecule has 68 heavy (non-hydrogen) atoms. The molecule has 382 valence electrons. The normalized spacial score (nSPS) is 48.8. The average molecular weight is 961 g/mol. The van der Waals surface area contributed by atoms with E-state index >= 15 is 0 Å². The van der Waals surface area contributed by atoms with E-state index in [0.29, 0.717) is 32.1 Å². The maximum absolute atomic E-state index is 13.6. The van der Waals surface area contributed by atoms with E-state index in [1.54, 1.807) is 34.1 Å². The number of carbonyl (C=O) groups is 1. The fourth-order valence-corrected chi connectivity index (χ4v) is 13.5. The summed E-state index contributed by atoms with van der Waals surface area (Å²) in [6.07, 6.45) is -4.03. The first-order valence-corrected chi connectivity index (χ1v) is 24.5. The Morgan fingerprint density at radius 1 is 0.779 bits per heavy atom. The van der Waals surface area contributed by atoms with E-state index in [4.69, 9.17) is 47.4 Å². The monoisotopic (exact) mass is 961 g/mol. The van der Waals surface area contributed by atoms with Crippen molar-refractivity contribution >= 4 is 12.0 Å². The van der Waals surface area contributed by atoms with Crippen LogP contribution in [0.1, 0.15) is 105 Å². The molecule has 0 amide bonds. The van der Waals surface area contributed by atoms with E-state index in [-0.39, 0.29) is 31.8 Å². The third kappa shape index (κ3) is 8.76. The summed E-state index contributed by atoms with van der Waals surface area (Å²) in [7, 11) is 4.62. The van der Waals surface area contributed by atoms with Crippen LogP contribution in [0.4, 0.5) is 0 Å². The van der Waals surface area contributed by atoms with Gasteiger partial charge in [0.05, 0.1) is 48.1 Å². The number of esters is 1. The molecule has 22 unspecified atom stereocenters. The Hall–Kier alpha value is -2.43. The summed E-state index contributed by atoms with van der Waals surface area (Å²) in [4.78, 5) is 13.6. The Labute approximate surface area is 399 Å². The summed E-state index contributed by atoms with van der Waals surface area (Å²) < 4.78 is 61.7. The lowest BCUT2D eigenvalue weighted by molar-refractivity contribution is -0.352. The van der Waals surface area contributed by atoms with Crippen molar-refractivity contribution in [2.24, 2.45) is 16.7 Å². The second-order valence-corrected chi connectivity index (χ2v) is 21.1. The molecular formula is C51H76O17. The van der Waals surface area contributed by atoms with Gasteiger partial charge in [0, 0.05) is 46.2 Å². The lowest BCUT2D eigenvalue weighted by atomic mass is 9.42. The minimum atomic E-state index is -1.91. The number of ether oxygens (including phenoxy) is 10. The van der Waals surface area contributed by atoms with Crippen LogP contribution >= 0.6 is 0 Å². The van der Waals surface area contributed by atoms with Crippen molar-refractivity contribution in [3.05, 3.63) is 53.6 Å². The van der Waals surface area contributed by atoms with E-state index in [9.17, 15) is 35.4 Å². The third-order valence-corrected chi connectivity index (χ3v) is 17.6. The van der Waals surface area contributed by atoms with Crippen molar-refractivity contribution in [1.82, 2.24) is 0 Å². The van der Waals surface area contributed by atoms with Gasteiger partial charge in [-0.15, -0.1) is 0 Å². The standard InChI is InChI=1S/C51H76O17/c1-27-41(54)45(61-9)42(55)46(64-27)68-44-29(3)63-40(25-35(44)60-8)67-43-28(2)62-39(24-34(43)59-7)65-33-18-19-47(5)32(23-33)17-20-50(57)36(47)26-37(66-38(53)16-15-31-13-11-10-12-14-31)48(6)49(56,30(4)52)21-22-51(48,50)58/h10-17,27-30,33-37,39-46,52,54-58H,18-26H2,1-9H3. The number of hydrogen-bond donors (Lipinski definition) is 6. The molecule has 0 radical (unpaired) electrons. The Balaban J connectivity index is 0.922. The smallest absolute Gasteiger partial charge is 0.331 e. The van der Waals surface area contributed by atoms with Crippen molar-refractivity contribution in [3.8, 4) is 0 Å². The summed E-state index contributed by atoms with van der Waals surface area (Å²) in [5, 5.41) is 70.6. The van der Waals surface area contributed by atoms with E-state index in [1.807, 2.05) is 50.3 Å². The highest BCUT2D eigenvalue weighted by Gasteiger charge is 2.81. The summed E-state index contributed by atoms with van der Waals surface area (Å²) >= 11 is 0. The van der Waals surface area contributed by atoms with Crippen molar-refractivity contribution in [1.29, 1.82) is 0 Å². The molecule has 8 rings (SSSR count). The van der Waals surface area contributed by atoms with Gasteiger partial charge in [0.1, 0.15) is 53.4 Å². The third-order valence-electron chi connectivity index (χ3n) is 17.6. The van der Waals surface area contributed by atoms with Crippen molar-refractivity contribution in [2.75, 3.05) is 21.3 Å². The minimum Gasteiger partial charge on any atom is -0.458 e. The maximum atomic E-state index is 13.6. The molecule has 0 bridgehead atoms. The van der Waals surface area contributed by atoms with Crippen LogP contribution in [0.5, 0.6) is 0 Å². The number of benzene rings is 1. The number of hydrogen-bond acceptors (Lipinski definition) is 17. The van der Waals surface area contributed by atoms with Crippen molar-refractivity contribution in [2.45, 2.75) is 214 Å². The highest BCUT2D eigenvalue weighted by molar-refractivity contribution is 5.87. The first kappa shape index (κ1) is 51.9. The predicted octanol–water partition coefficient (Wildman–Crippen LogP) is 3.46. The largest absolute Gasteiger partial charge is 0.458 e. The second kappa shape index (κ2) is 19.9. The molecular weight excluding hydrogens is 885 g/mol. The summed E-state index contributed by atoms with van der Waals surface area (Å²) in [6.45, 7) is 10.7. The van der Waals surface area contributed by atoms with Crippen LogP contribution < -0.4 is 0 Å². The molecule has 22 atom stereocenters. The van der Waals surface area contributed by atoms with Gasteiger partial charge in [-0.3, -0.25) is 0 Å². The SMILES string of the molecule is COC1CC(OC2CCC3(C)C(=CCC4(O)C3CC(OC(=O)C=Cc3ccccc3)C3(C)C(O)(C(C)O)CCC43O)C2)OC(C)C1OC1CC(OC)C(OC2OC(C)C(O)C(OC)C2O)C(C)O1. The van der Waals surface area contributed by atoms with Crippen molar-refractivity contribution < 1.29 is 82.8 Å². The number of carbonyl (C=O) groups excluding carboxylic acids is 1. The van der Waals surface area contributed by atoms with Gasteiger partial charge in [0.15, 0.2) is 18.9 Å². The van der Waals surface area contributed by atoms with Gasteiger partial charge in [-0.05, 0) is 89.7 Å². The molecule has 0 aromatic heterocycles. The van der Waals surface area contributed by atoms with Gasteiger partial charge in [0.2, 0.25) is 0 Å². The average Bonchev–Trinajstić information content (AvgIpc) is 3.54. The highest BCUT2D eigenvalue weighted by atomic mass is 16.8. The molecule has 3 aliphatic heterocycles. The minimum absolute atomic E-state index is 0.00945. The Bertz CT molecular complexity index is 1970. The van der Waals surface area contributed by atoms with Gasteiger partial charge < -0.3 is 78.0 Å². The molecule has 6 fully saturated rings. The number of aliphatic hydroxyl groups is 6. The van der Waals surface area contributed by atoms with Crippen LogP contribution in [-0.2, 0) is 52.2 Å². The van der Waals surface area contributed by atoms with Crippen LogP contribution in [0.15, 0.2) is 48.1 Å². The van der Waals surface area contributed by atoms with Gasteiger partial charge >= 0.3 is 5.97 Å². The van der Waals surface area contributed by atoms with Crippen LogP contribution in [0, 0.1) is 16.7 Å². The maximum Gasteiger partial charge on any atom is 0.331 e. The quantitative estimate of drug-likeness (QED) is 0.0945. The molecule has 4 aliphatic carbocycles. The molecule has 17 nitrogen and oxygen atoms in total. The van der Waals surface area contributed by atoms with Crippen molar-refractivity contribution in [3.63, 3.8) is 0 Å². The summed E-state index contributed by atoms with van der Waals surface area (Å²) in [6, 6.07) is 9.33. The molecule has 1 aromatic carbocycles. The first-order chi connectivity index (χ1) is 32.2. The number of rotatable bonds is 13. The number of aliphatic hydroxyl groups excluding tert-OH is 3. The van der Waals surface area contributed by atoms with E-state index in [2.05, 4.69) is 6.92 Å². The Morgan fingerprint density at radius 3 is 2.03 bits per heavy atom. The zero-order valence-corrected chi connectivity index (χ0v) is 41.0. The van der Waals surface area contributed by atoms with Gasteiger partial charge in [-0.2, -0.15) is 0 Å². The van der Waals surface area contributed by atoms with Crippen LogP contribution in [-0.4, -0.2) is 173 Å². The van der Waals surface area contributed by atoms with Crippen LogP contribution in [0.2, 0.25) is 0 Å². The zero-order chi connectivity index (χ0) is 49.1. The number of fused-ring (bicyclic) bond motifs is 5. The van der Waals surface area contributed by atoms with Gasteiger partial charge in [-0.1, -0.05) is 55.8 Å². The molecule has 6 N–H and O–H groups in total. The predicted molar refractivity (Wildman–Crippen MR) is 243 cm³/mol. The van der Waals surface area contributed by atoms with E-state index in [1.165, 1.54) is 20.1 Å². The van der Waals surface area contributed by atoms with Crippen LogP contribution in [0.25, 0.3) is 6.08 Å². The summed E-state index contributed by atoms with van der Waals surface area (Å²) in [5.74, 6) is -1.20. The van der Waals surface area contributed by atoms with Gasteiger partial charge in [0.25, 0.3) is 0 Å². The molecule has 3 heterocycles. The topological polar surface area (TPSA) is 231 Å². The molecule has 3 saturated heterocycles. The first-order valence-electron chi connectivity index (χ1n) is 24.5. The Morgan fingerprint density at radius 2 is 1.41 bits per heavy atom. The fourth-order valence-electron chi connectivity index (χ4n) is 13.5.